The van der Waals surface area contributed by atoms with Gasteiger partial charge in [-0.3, -0.25) is 0 Å². The van der Waals surface area contributed by atoms with E-state index in [-0.39, 0.29) is 0 Å². The van der Waals surface area contributed by atoms with Crippen LogP contribution in [0.3, 0.4) is 0 Å². The molecule has 0 heterocycles. The fourth-order valence-corrected chi connectivity index (χ4v) is 0.776. The Morgan fingerprint density at radius 3 is 2.82 bits per heavy atom. The van der Waals surface area contributed by atoms with Crippen molar-refractivity contribution in [3.63, 3.8) is 0 Å². The van der Waals surface area contributed by atoms with Gasteiger partial charge >= 0.3 is 0 Å². The van der Waals surface area contributed by atoms with Crippen LogP contribution < -0.4 is 5.32 Å². The summed E-state index contributed by atoms with van der Waals surface area (Å²) in [6.45, 7) is 2.77. The van der Waals surface area contributed by atoms with Crippen molar-refractivity contribution >= 4 is 0 Å². The summed E-state index contributed by atoms with van der Waals surface area (Å²) in [5.74, 6) is 2.62. The van der Waals surface area contributed by atoms with Crippen molar-refractivity contribution in [2.24, 2.45) is 0 Å². The van der Waals surface area contributed by atoms with Gasteiger partial charge in [0.15, 0.2) is 0 Å². The van der Waals surface area contributed by atoms with Gasteiger partial charge in [-0.1, -0.05) is 0 Å². The van der Waals surface area contributed by atoms with Crippen LogP contribution in [-0.4, -0.2) is 26.8 Å². The molecule has 11 heavy (non-hydrogen) atoms. The van der Waals surface area contributed by atoms with Crippen molar-refractivity contribution in [1.82, 2.24) is 5.32 Å². The molecule has 0 saturated carbocycles. The zero-order valence-corrected chi connectivity index (χ0v) is 7.23. The third kappa shape index (κ3) is 9.48. The highest BCUT2D eigenvalue weighted by molar-refractivity contribution is 4.82. The summed E-state index contributed by atoms with van der Waals surface area (Å²) in [6.07, 6.45) is 8.28. The maximum atomic E-state index is 5.10. The Labute approximate surface area is 69.3 Å². The Morgan fingerprint density at radius 2 is 2.18 bits per heavy atom. The van der Waals surface area contributed by atoms with Gasteiger partial charge in [-0.15, -0.1) is 12.3 Å². The van der Waals surface area contributed by atoms with E-state index in [1.807, 2.05) is 0 Å². The molecule has 0 aliphatic carbocycles. The average Bonchev–Trinajstić information content (AvgIpc) is 2.03. The monoisotopic (exact) mass is 155 g/mol. The Morgan fingerprint density at radius 1 is 1.36 bits per heavy atom. The smallest absolute Gasteiger partial charge is 0.0587 e. The fourth-order valence-electron chi connectivity index (χ4n) is 0.776. The summed E-state index contributed by atoms with van der Waals surface area (Å²) < 4.78 is 4.87. The van der Waals surface area contributed by atoms with Gasteiger partial charge < -0.3 is 10.1 Å². The Kier molecular flexibility index (Phi) is 9.03. The second kappa shape index (κ2) is 9.48. The van der Waals surface area contributed by atoms with Gasteiger partial charge in [0.25, 0.3) is 0 Å². The minimum Gasteiger partial charge on any atom is -0.383 e. The maximum Gasteiger partial charge on any atom is 0.0587 e. The molecule has 0 aliphatic rings. The lowest BCUT2D eigenvalue weighted by Gasteiger charge is -2.01. The number of methoxy groups -OCH3 is 1. The fraction of sp³-hybridized carbons (Fsp3) is 0.778. The molecule has 0 saturated heterocycles. The quantitative estimate of drug-likeness (QED) is 0.438. The maximum absolute atomic E-state index is 5.10. The second-order valence-electron chi connectivity index (χ2n) is 2.40. The van der Waals surface area contributed by atoms with Crippen LogP contribution in [0.5, 0.6) is 0 Å². The molecule has 2 nitrogen and oxygen atoms in total. The molecule has 0 aromatic rings. The molecule has 2 heteroatoms. The van der Waals surface area contributed by atoms with E-state index < -0.39 is 0 Å². The number of hydrogen-bond acceptors (Lipinski definition) is 2. The van der Waals surface area contributed by atoms with Crippen molar-refractivity contribution in [1.29, 1.82) is 0 Å². The average molecular weight is 155 g/mol. The van der Waals surface area contributed by atoms with Gasteiger partial charge in [-0.25, -0.2) is 0 Å². The van der Waals surface area contributed by atoms with Crippen LogP contribution in [0.1, 0.15) is 19.3 Å². The van der Waals surface area contributed by atoms with Crippen LogP contribution in [0.15, 0.2) is 0 Å². The van der Waals surface area contributed by atoms with Gasteiger partial charge in [-0.2, -0.15) is 0 Å². The first-order valence-corrected chi connectivity index (χ1v) is 4.05. The molecule has 64 valence electrons. The summed E-state index contributed by atoms with van der Waals surface area (Å²) in [5, 5.41) is 3.25. The lowest BCUT2D eigenvalue weighted by Crippen LogP contribution is -2.20. The number of terminal acetylenes is 1. The molecule has 0 fully saturated rings. The zero-order chi connectivity index (χ0) is 8.36. The van der Waals surface area contributed by atoms with E-state index >= 15 is 0 Å². The Hall–Kier alpha value is -0.520. The number of unbranched alkanes of at least 4 members (excludes halogenated alkanes) is 2. The first kappa shape index (κ1) is 10.5. The molecule has 0 aliphatic heterocycles. The van der Waals surface area contributed by atoms with Gasteiger partial charge in [0.05, 0.1) is 6.61 Å². The van der Waals surface area contributed by atoms with E-state index in [9.17, 15) is 0 Å². The Bertz CT molecular complexity index is 107. The lowest BCUT2D eigenvalue weighted by molar-refractivity contribution is 0.199. The molecule has 0 unspecified atom stereocenters. The normalized spacial score (nSPS) is 9.45. The van der Waals surface area contributed by atoms with Crippen molar-refractivity contribution in [3.8, 4) is 12.3 Å². The van der Waals surface area contributed by atoms with E-state index in [0.29, 0.717) is 0 Å². The predicted octanol–water partition coefficient (Wildman–Crippen LogP) is 1.03. The predicted molar refractivity (Wildman–Crippen MR) is 47.4 cm³/mol. The summed E-state index contributed by atoms with van der Waals surface area (Å²) >= 11 is 0. The molecule has 0 atom stereocenters. The second-order valence-corrected chi connectivity index (χ2v) is 2.40. The van der Waals surface area contributed by atoms with E-state index in [2.05, 4.69) is 11.2 Å². The molecule has 0 aromatic heterocycles. The molecular formula is C9H17NO. The van der Waals surface area contributed by atoms with E-state index in [1.54, 1.807) is 7.11 Å². The number of rotatable bonds is 7. The van der Waals surface area contributed by atoms with E-state index in [0.717, 1.165) is 39.0 Å². The molecule has 0 aromatic carbocycles. The summed E-state index contributed by atoms with van der Waals surface area (Å²) in [5.41, 5.74) is 0. The van der Waals surface area contributed by atoms with E-state index in [4.69, 9.17) is 11.2 Å². The van der Waals surface area contributed by atoms with Gasteiger partial charge in [-0.05, 0) is 19.4 Å². The first-order chi connectivity index (χ1) is 5.41. The van der Waals surface area contributed by atoms with Crippen LogP contribution in [0.4, 0.5) is 0 Å². The van der Waals surface area contributed by atoms with E-state index in [1.165, 1.54) is 0 Å². The standard InChI is InChI=1S/C9H17NO/c1-3-4-5-6-7-10-8-9-11-2/h1,10H,4-9H2,2H3. The minimum absolute atomic E-state index is 0.787. The van der Waals surface area contributed by atoms with Crippen LogP contribution >= 0.6 is 0 Å². The molecular weight excluding hydrogens is 138 g/mol. The van der Waals surface area contributed by atoms with Gasteiger partial charge in [0, 0.05) is 20.1 Å². The molecule has 0 radical (unpaired) electrons. The van der Waals surface area contributed by atoms with Crippen LogP contribution in [0, 0.1) is 12.3 Å². The highest BCUT2D eigenvalue weighted by Gasteiger charge is 1.86. The molecule has 0 bridgehead atoms. The number of ether oxygens (including phenoxy) is 1. The molecule has 0 spiro atoms. The SMILES string of the molecule is C#CCCCCNCCOC. The molecule has 0 amide bonds. The topological polar surface area (TPSA) is 21.3 Å². The summed E-state index contributed by atoms with van der Waals surface area (Å²) in [6, 6.07) is 0. The summed E-state index contributed by atoms with van der Waals surface area (Å²) in [7, 11) is 1.71. The van der Waals surface area contributed by atoms with Crippen LogP contribution in [0.25, 0.3) is 0 Å². The zero-order valence-electron chi connectivity index (χ0n) is 7.23. The third-order valence-electron chi connectivity index (χ3n) is 1.41. The van der Waals surface area contributed by atoms with Gasteiger partial charge in [0.1, 0.15) is 0 Å². The van der Waals surface area contributed by atoms with Crippen LogP contribution in [-0.2, 0) is 4.74 Å². The highest BCUT2D eigenvalue weighted by Crippen LogP contribution is 1.90. The third-order valence-corrected chi connectivity index (χ3v) is 1.41. The van der Waals surface area contributed by atoms with Crippen molar-refractivity contribution < 1.29 is 4.74 Å². The highest BCUT2D eigenvalue weighted by atomic mass is 16.5. The van der Waals surface area contributed by atoms with Crippen molar-refractivity contribution in [3.05, 3.63) is 0 Å². The number of nitrogens with one attached hydrogen (secondary N) is 1. The van der Waals surface area contributed by atoms with Crippen LogP contribution in [0.2, 0.25) is 0 Å². The van der Waals surface area contributed by atoms with Crippen molar-refractivity contribution in [2.75, 3.05) is 26.8 Å². The summed E-state index contributed by atoms with van der Waals surface area (Å²) in [4.78, 5) is 0. The number of hydrogen-bond donors (Lipinski definition) is 1. The Balaban J connectivity index is 2.75. The first-order valence-electron chi connectivity index (χ1n) is 4.05. The van der Waals surface area contributed by atoms with Gasteiger partial charge in [0.2, 0.25) is 0 Å². The lowest BCUT2D eigenvalue weighted by atomic mass is 10.2. The minimum atomic E-state index is 0.787. The molecule has 1 N–H and O–H groups in total. The largest absolute Gasteiger partial charge is 0.383 e. The van der Waals surface area contributed by atoms with Crippen molar-refractivity contribution in [2.45, 2.75) is 19.3 Å². The molecule has 0 rings (SSSR count).